The minimum Gasteiger partial charge on any atom is -0.399 e. The van der Waals surface area contributed by atoms with Gasteiger partial charge in [0.05, 0.1) is 0 Å². The standard InChI is InChI=1S/C13H16N4/c1-2-17(10-11-3-6-15-7-4-11)13-9-12(14)5-8-16-13/h3-9H,2,10H2,1H3,(H2,14,16). The van der Waals surface area contributed by atoms with Gasteiger partial charge < -0.3 is 10.6 Å². The Balaban J connectivity index is 2.17. The zero-order valence-corrected chi connectivity index (χ0v) is 9.87. The Kier molecular flexibility index (Phi) is 3.55. The molecule has 2 aromatic heterocycles. The quantitative estimate of drug-likeness (QED) is 0.870. The summed E-state index contributed by atoms with van der Waals surface area (Å²) in [7, 11) is 0. The van der Waals surface area contributed by atoms with E-state index in [-0.39, 0.29) is 0 Å². The highest BCUT2D eigenvalue weighted by molar-refractivity contribution is 5.50. The van der Waals surface area contributed by atoms with Gasteiger partial charge in [-0.05, 0) is 30.7 Å². The van der Waals surface area contributed by atoms with Gasteiger partial charge in [-0.1, -0.05) is 0 Å². The van der Waals surface area contributed by atoms with Crippen molar-refractivity contribution in [3.8, 4) is 0 Å². The van der Waals surface area contributed by atoms with Crippen LogP contribution in [-0.4, -0.2) is 16.5 Å². The Morgan fingerprint density at radius 2 is 1.94 bits per heavy atom. The summed E-state index contributed by atoms with van der Waals surface area (Å²) in [6.45, 7) is 3.81. The van der Waals surface area contributed by atoms with Crippen molar-refractivity contribution in [3.63, 3.8) is 0 Å². The fourth-order valence-corrected chi connectivity index (χ4v) is 1.67. The van der Waals surface area contributed by atoms with Crippen molar-refractivity contribution in [2.75, 3.05) is 17.2 Å². The molecule has 0 atom stereocenters. The van der Waals surface area contributed by atoms with Crippen LogP contribution in [0.2, 0.25) is 0 Å². The van der Waals surface area contributed by atoms with Crippen LogP contribution in [0.3, 0.4) is 0 Å². The molecule has 0 amide bonds. The predicted octanol–water partition coefficient (Wildman–Crippen LogP) is 2.09. The molecule has 4 nitrogen and oxygen atoms in total. The molecule has 0 aliphatic heterocycles. The molecule has 2 aromatic rings. The lowest BCUT2D eigenvalue weighted by Crippen LogP contribution is -2.23. The molecule has 0 aromatic carbocycles. The lowest BCUT2D eigenvalue weighted by atomic mass is 10.2. The predicted molar refractivity (Wildman–Crippen MR) is 69.6 cm³/mol. The van der Waals surface area contributed by atoms with Crippen LogP contribution in [0.25, 0.3) is 0 Å². The van der Waals surface area contributed by atoms with Crippen molar-refractivity contribution < 1.29 is 0 Å². The summed E-state index contributed by atoms with van der Waals surface area (Å²) in [5.74, 6) is 0.907. The molecule has 0 radical (unpaired) electrons. The van der Waals surface area contributed by atoms with E-state index in [1.165, 1.54) is 5.56 Å². The minimum absolute atomic E-state index is 0.739. The number of hydrogen-bond donors (Lipinski definition) is 1. The highest BCUT2D eigenvalue weighted by Crippen LogP contribution is 2.16. The summed E-state index contributed by atoms with van der Waals surface area (Å²) in [6.07, 6.45) is 5.34. The minimum atomic E-state index is 0.739. The average Bonchev–Trinajstić information content (AvgIpc) is 2.37. The number of aromatic nitrogens is 2. The number of nitrogen functional groups attached to an aromatic ring is 1. The van der Waals surface area contributed by atoms with Crippen LogP contribution >= 0.6 is 0 Å². The van der Waals surface area contributed by atoms with Crippen LogP contribution < -0.4 is 10.6 Å². The molecular formula is C13H16N4. The third kappa shape index (κ3) is 2.93. The molecule has 0 saturated carbocycles. The van der Waals surface area contributed by atoms with Gasteiger partial charge in [-0.15, -0.1) is 0 Å². The van der Waals surface area contributed by atoms with Crippen molar-refractivity contribution in [2.45, 2.75) is 13.5 Å². The average molecular weight is 228 g/mol. The third-order valence-corrected chi connectivity index (χ3v) is 2.60. The largest absolute Gasteiger partial charge is 0.399 e. The Bertz CT molecular complexity index is 470. The first-order chi connectivity index (χ1) is 8.29. The topological polar surface area (TPSA) is 55.0 Å². The Morgan fingerprint density at radius 1 is 1.18 bits per heavy atom. The molecule has 2 heterocycles. The monoisotopic (exact) mass is 228 g/mol. The summed E-state index contributed by atoms with van der Waals surface area (Å²) < 4.78 is 0. The van der Waals surface area contributed by atoms with Gasteiger partial charge in [0.1, 0.15) is 5.82 Å². The number of anilines is 2. The van der Waals surface area contributed by atoms with E-state index in [1.807, 2.05) is 18.2 Å². The first-order valence-corrected chi connectivity index (χ1v) is 5.65. The summed E-state index contributed by atoms with van der Waals surface area (Å²) in [6, 6.07) is 7.71. The molecule has 0 aliphatic carbocycles. The SMILES string of the molecule is CCN(Cc1ccncc1)c1cc(N)ccn1. The first kappa shape index (κ1) is 11.4. The van der Waals surface area contributed by atoms with Crippen LogP contribution in [0.5, 0.6) is 0 Å². The van der Waals surface area contributed by atoms with Gasteiger partial charge in [0.2, 0.25) is 0 Å². The lowest BCUT2D eigenvalue weighted by molar-refractivity contribution is 0.813. The van der Waals surface area contributed by atoms with Gasteiger partial charge in [-0.3, -0.25) is 4.98 Å². The number of nitrogens with zero attached hydrogens (tertiary/aromatic N) is 3. The molecule has 0 spiro atoms. The van der Waals surface area contributed by atoms with Crippen LogP contribution in [0.4, 0.5) is 11.5 Å². The maximum atomic E-state index is 5.77. The van der Waals surface area contributed by atoms with Gasteiger partial charge in [0, 0.05) is 43.4 Å². The summed E-state index contributed by atoms with van der Waals surface area (Å²) >= 11 is 0. The molecule has 0 unspecified atom stereocenters. The van der Waals surface area contributed by atoms with E-state index in [2.05, 4.69) is 21.8 Å². The molecular weight excluding hydrogens is 212 g/mol. The van der Waals surface area contributed by atoms with Gasteiger partial charge in [-0.2, -0.15) is 0 Å². The van der Waals surface area contributed by atoms with E-state index in [4.69, 9.17) is 5.73 Å². The maximum Gasteiger partial charge on any atom is 0.130 e. The van der Waals surface area contributed by atoms with E-state index < -0.39 is 0 Å². The second kappa shape index (κ2) is 5.30. The first-order valence-electron chi connectivity index (χ1n) is 5.65. The summed E-state index contributed by atoms with van der Waals surface area (Å²) in [5.41, 5.74) is 7.72. The van der Waals surface area contributed by atoms with Gasteiger partial charge in [-0.25, -0.2) is 4.98 Å². The van der Waals surface area contributed by atoms with Crippen LogP contribution in [-0.2, 0) is 6.54 Å². The maximum absolute atomic E-state index is 5.77. The molecule has 88 valence electrons. The molecule has 17 heavy (non-hydrogen) atoms. The van der Waals surface area contributed by atoms with E-state index in [1.54, 1.807) is 24.7 Å². The summed E-state index contributed by atoms with van der Waals surface area (Å²) in [5, 5.41) is 0. The van der Waals surface area contributed by atoms with Gasteiger partial charge in [0.25, 0.3) is 0 Å². The number of pyridine rings is 2. The molecule has 2 rings (SSSR count). The normalized spacial score (nSPS) is 10.2. The van der Waals surface area contributed by atoms with E-state index in [9.17, 15) is 0 Å². The van der Waals surface area contributed by atoms with E-state index >= 15 is 0 Å². The van der Waals surface area contributed by atoms with Crippen LogP contribution in [0.15, 0.2) is 42.9 Å². The zero-order chi connectivity index (χ0) is 12.1. The van der Waals surface area contributed by atoms with Gasteiger partial charge >= 0.3 is 0 Å². The number of nitrogens with two attached hydrogens (primary N) is 1. The zero-order valence-electron chi connectivity index (χ0n) is 9.87. The second-order valence-corrected chi connectivity index (χ2v) is 3.82. The van der Waals surface area contributed by atoms with Crippen molar-refractivity contribution in [2.24, 2.45) is 0 Å². The highest BCUT2D eigenvalue weighted by atomic mass is 15.2. The lowest BCUT2D eigenvalue weighted by Gasteiger charge is -2.22. The highest BCUT2D eigenvalue weighted by Gasteiger charge is 2.06. The smallest absolute Gasteiger partial charge is 0.130 e. The van der Waals surface area contributed by atoms with E-state index in [0.717, 1.165) is 24.6 Å². The van der Waals surface area contributed by atoms with Crippen molar-refractivity contribution >= 4 is 11.5 Å². The van der Waals surface area contributed by atoms with Gasteiger partial charge in [0.15, 0.2) is 0 Å². The Labute approximate surface area is 101 Å². The summed E-state index contributed by atoms with van der Waals surface area (Å²) in [4.78, 5) is 10.5. The van der Waals surface area contributed by atoms with Crippen molar-refractivity contribution in [3.05, 3.63) is 48.4 Å². The molecule has 0 bridgehead atoms. The third-order valence-electron chi connectivity index (χ3n) is 2.60. The second-order valence-electron chi connectivity index (χ2n) is 3.82. The van der Waals surface area contributed by atoms with Crippen molar-refractivity contribution in [1.82, 2.24) is 9.97 Å². The molecule has 0 saturated heterocycles. The van der Waals surface area contributed by atoms with E-state index in [0.29, 0.717) is 0 Å². The molecule has 0 fully saturated rings. The Hall–Kier alpha value is -2.10. The van der Waals surface area contributed by atoms with Crippen LogP contribution in [0.1, 0.15) is 12.5 Å². The van der Waals surface area contributed by atoms with Crippen molar-refractivity contribution in [1.29, 1.82) is 0 Å². The Morgan fingerprint density at radius 3 is 2.59 bits per heavy atom. The number of hydrogen-bond acceptors (Lipinski definition) is 4. The van der Waals surface area contributed by atoms with Crippen LogP contribution in [0, 0.1) is 0 Å². The molecule has 2 N–H and O–H groups in total. The number of rotatable bonds is 4. The molecule has 4 heteroatoms. The fourth-order valence-electron chi connectivity index (χ4n) is 1.67. The fraction of sp³-hybridized carbons (Fsp3) is 0.231. The molecule has 0 aliphatic rings.